The van der Waals surface area contributed by atoms with E-state index in [1.165, 1.54) is 24.4 Å². The van der Waals surface area contributed by atoms with Crippen LogP contribution in [-0.2, 0) is 4.74 Å². The summed E-state index contributed by atoms with van der Waals surface area (Å²) in [7, 11) is 0. The van der Waals surface area contributed by atoms with Crippen LogP contribution in [0.4, 0.5) is 0 Å². The smallest absolute Gasteiger partial charge is 0.267 e. The Balaban J connectivity index is 1.45. The van der Waals surface area contributed by atoms with Crippen molar-refractivity contribution < 1.29 is 9.53 Å². The second-order valence-electron chi connectivity index (χ2n) is 7.76. The molecule has 0 bridgehead atoms. The molecule has 1 spiro atoms. The molecule has 1 aromatic heterocycles. The van der Waals surface area contributed by atoms with E-state index in [2.05, 4.69) is 19.4 Å². The van der Waals surface area contributed by atoms with Crippen LogP contribution >= 0.6 is 11.5 Å². The lowest BCUT2D eigenvalue weighted by molar-refractivity contribution is 0.0539. The highest BCUT2D eigenvalue weighted by molar-refractivity contribution is 7.07. The Morgan fingerprint density at radius 2 is 2.08 bits per heavy atom. The standard InChI is InChI=1S/C18H28N4O2S/c1-14-16(25-20-19-14)17(23)22-10-4-7-18(22)6-3-9-21(11-8-18)13-15-5-2-12-24-15/h15H,2-13H2,1H3/t15-,18+/m0/s1. The zero-order valence-electron chi connectivity index (χ0n) is 15.1. The van der Waals surface area contributed by atoms with Crippen molar-refractivity contribution in [2.75, 3.05) is 32.8 Å². The van der Waals surface area contributed by atoms with Crippen LogP contribution in [0.2, 0.25) is 0 Å². The van der Waals surface area contributed by atoms with Gasteiger partial charge in [0.05, 0.1) is 11.8 Å². The first-order valence-corrected chi connectivity index (χ1v) is 10.4. The number of aromatic nitrogens is 2. The topological polar surface area (TPSA) is 58.6 Å². The molecule has 3 aliphatic rings. The number of amides is 1. The van der Waals surface area contributed by atoms with Gasteiger partial charge in [-0.25, -0.2) is 0 Å². The Morgan fingerprint density at radius 3 is 2.80 bits per heavy atom. The van der Waals surface area contributed by atoms with Gasteiger partial charge in [0.25, 0.3) is 5.91 Å². The quantitative estimate of drug-likeness (QED) is 0.825. The van der Waals surface area contributed by atoms with Crippen molar-refractivity contribution >= 4 is 17.4 Å². The predicted octanol–water partition coefficient (Wildman–Crippen LogP) is 2.49. The van der Waals surface area contributed by atoms with Gasteiger partial charge in [-0.15, -0.1) is 5.10 Å². The van der Waals surface area contributed by atoms with Crippen LogP contribution in [0.3, 0.4) is 0 Å². The van der Waals surface area contributed by atoms with Crippen LogP contribution in [-0.4, -0.2) is 69.7 Å². The van der Waals surface area contributed by atoms with E-state index in [4.69, 9.17) is 4.74 Å². The van der Waals surface area contributed by atoms with Gasteiger partial charge in [0.1, 0.15) is 4.88 Å². The largest absolute Gasteiger partial charge is 0.377 e. The molecule has 1 amide bonds. The monoisotopic (exact) mass is 364 g/mol. The van der Waals surface area contributed by atoms with Gasteiger partial charge < -0.3 is 14.5 Å². The van der Waals surface area contributed by atoms with Crippen LogP contribution in [0.15, 0.2) is 0 Å². The number of likely N-dealkylation sites (tertiary alicyclic amines) is 2. The van der Waals surface area contributed by atoms with Gasteiger partial charge in [-0.3, -0.25) is 4.79 Å². The first kappa shape index (κ1) is 17.4. The molecule has 3 fully saturated rings. The molecule has 7 heteroatoms. The van der Waals surface area contributed by atoms with E-state index >= 15 is 0 Å². The molecule has 4 heterocycles. The zero-order chi connectivity index (χ0) is 17.3. The zero-order valence-corrected chi connectivity index (χ0v) is 15.9. The van der Waals surface area contributed by atoms with E-state index in [9.17, 15) is 4.79 Å². The van der Waals surface area contributed by atoms with E-state index < -0.39 is 0 Å². The lowest BCUT2D eigenvalue weighted by Crippen LogP contribution is -2.48. The summed E-state index contributed by atoms with van der Waals surface area (Å²) in [5.74, 6) is 0.151. The number of carbonyl (C=O) groups is 1. The number of hydrogen-bond acceptors (Lipinski definition) is 6. The van der Waals surface area contributed by atoms with Gasteiger partial charge >= 0.3 is 0 Å². The third kappa shape index (κ3) is 3.46. The highest BCUT2D eigenvalue weighted by Gasteiger charge is 2.45. The van der Waals surface area contributed by atoms with Crippen LogP contribution in [0, 0.1) is 6.92 Å². The van der Waals surface area contributed by atoms with Crippen LogP contribution in [0.25, 0.3) is 0 Å². The lowest BCUT2D eigenvalue weighted by atomic mass is 9.87. The molecule has 6 nitrogen and oxygen atoms in total. The lowest BCUT2D eigenvalue weighted by Gasteiger charge is -2.38. The van der Waals surface area contributed by atoms with Crippen molar-refractivity contribution in [1.29, 1.82) is 0 Å². The van der Waals surface area contributed by atoms with Gasteiger partial charge in [-0.05, 0) is 69.9 Å². The number of carbonyl (C=O) groups excluding carboxylic acids is 1. The van der Waals surface area contributed by atoms with E-state index in [0.717, 1.165) is 75.5 Å². The normalized spacial score (nSPS) is 30.9. The van der Waals surface area contributed by atoms with Crippen molar-refractivity contribution in [1.82, 2.24) is 19.4 Å². The number of ether oxygens (including phenoxy) is 1. The van der Waals surface area contributed by atoms with Gasteiger partial charge in [-0.2, -0.15) is 0 Å². The summed E-state index contributed by atoms with van der Waals surface area (Å²) in [5.41, 5.74) is 0.810. The minimum Gasteiger partial charge on any atom is -0.377 e. The Bertz CT molecular complexity index is 616. The summed E-state index contributed by atoms with van der Waals surface area (Å²) < 4.78 is 9.77. The maximum Gasteiger partial charge on any atom is 0.267 e. The Kier molecular flexibility index (Phi) is 5.06. The molecule has 0 aliphatic carbocycles. The Hall–Kier alpha value is -1.05. The molecule has 25 heavy (non-hydrogen) atoms. The van der Waals surface area contributed by atoms with E-state index in [-0.39, 0.29) is 11.4 Å². The van der Waals surface area contributed by atoms with Crippen LogP contribution < -0.4 is 0 Å². The first-order valence-electron chi connectivity index (χ1n) is 9.63. The fourth-order valence-corrected chi connectivity index (χ4v) is 5.43. The van der Waals surface area contributed by atoms with Crippen molar-refractivity contribution in [2.45, 2.75) is 63.5 Å². The molecule has 0 radical (unpaired) electrons. The van der Waals surface area contributed by atoms with Crippen LogP contribution in [0.1, 0.15) is 60.3 Å². The molecule has 3 aliphatic heterocycles. The second kappa shape index (κ2) is 7.29. The Morgan fingerprint density at radius 1 is 1.24 bits per heavy atom. The number of aryl methyl sites for hydroxylation is 1. The number of rotatable bonds is 3. The predicted molar refractivity (Wildman–Crippen MR) is 96.9 cm³/mol. The SMILES string of the molecule is Cc1nnsc1C(=O)N1CCC[C@@]12CCCN(C[C@@H]1CCCO1)CC2. The van der Waals surface area contributed by atoms with Crippen molar-refractivity contribution in [2.24, 2.45) is 0 Å². The van der Waals surface area contributed by atoms with Gasteiger partial charge in [0.2, 0.25) is 0 Å². The van der Waals surface area contributed by atoms with Crippen molar-refractivity contribution in [3.05, 3.63) is 10.6 Å². The number of nitrogens with zero attached hydrogens (tertiary/aromatic N) is 4. The Labute approximate surface area is 153 Å². The first-order chi connectivity index (χ1) is 12.2. The fourth-order valence-electron chi connectivity index (χ4n) is 4.82. The maximum atomic E-state index is 13.1. The van der Waals surface area contributed by atoms with Gasteiger partial charge in [0, 0.05) is 31.8 Å². The summed E-state index contributed by atoms with van der Waals surface area (Å²) in [5, 5.41) is 4.03. The van der Waals surface area contributed by atoms with E-state index in [0.29, 0.717) is 6.10 Å². The average Bonchev–Trinajstić information content (AvgIpc) is 3.30. The second-order valence-corrected chi connectivity index (χ2v) is 8.52. The maximum absolute atomic E-state index is 13.1. The average molecular weight is 365 g/mol. The minimum absolute atomic E-state index is 0.0405. The molecule has 2 atom stereocenters. The molecular formula is C18H28N4O2S. The summed E-state index contributed by atoms with van der Waals surface area (Å²) in [6.45, 7) is 6.95. The van der Waals surface area contributed by atoms with Gasteiger partial charge in [-0.1, -0.05) is 4.49 Å². The highest BCUT2D eigenvalue weighted by atomic mass is 32.1. The van der Waals surface area contributed by atoms with Crippen LogP contribution in [0.5, 0.6) is 0 Å². The fraction of sp³-hybridized carbons (Fsp3) is 0.833. The summed E-state index contributed by atoms with van der Waals surface area (Å²) >= 11 is 1.24. The molecule has 0 unspecified atom stereocenters. The summed E-state index contributed by atoms with van der Waals surface area (Å²) in [4.78, 5) is 18.5. The van der Waals surface area contributed by atoms with Crippen molar-refractivity contribution in [3.63, 3.8) is 0 Å². The third-order valence-electron chi connectivity index (χ3n) is 6.18. The molecule has 3 saturated heterocycles. The minimum atomic E-state index is 0.0405. The molecule has 0 aromatic carbocycles. The van der Waals surface area contributed by atoms with Gasteiger partial charge in [0.15, 0.2) is 0 Å². The highest BCUT2D eigenvalue weighted by Crippen LogP contribution is 2.40. The third-order valence-corrected chi connectivity index (χ3v) is 7.00. The summed E-state index contributed by atoms with van der Waals surface area (Å²) in [6.07, 6.45) is 8.43. The molecular weight excluding hydrogens is 336 g/mol. The molecule has 4 rings (SSSR count). The van der Waals surface area contributed by atoms with E-state index in [1.807, 2.05) is 6.92 Å². The van der Waals surface area contributed by atoms with E-state index in [1.54, 1.807) is 0 Å². The molecule has 138 valence electrons. The molecule has 0 N–H and O–H groups in total. The summed E-state index contributed by atoms with van der Waals surface area (Å²) in [6, 6.07) is 0. The molecule has 0 saturated carbocycles. The van der Waals surface area contributed by atoms with Crippen molar-refractivity contribution in [3.8, 4) is 0 Å². The number of hydrogen-bond donors (Lipinski definition) is 0. The molecule has 1 aromatic rings.